The van der Waals surface area contributed by atoms with Crippen molar-refractivity contribution in [3.05, 3.63) is 45.3 Å². The highest BCUT2D eigenvalue weighted by Crippen LogP contribution is 2.38. The third kappa shape index (κ3) is 1.26. The molecule has 0 heterocycles. The zero-order chi connectivity index (χ0) is 9.59. The molecule has 0 amide bonds. The van der Waals surface area contributed by atoms with Gasteiger partial charge in [0.15, 0.2) is 0 Å². The van der Waals surface area contributed by atoms with Gasteiger partial charge in [0.1, 0.15) is 0 Å². The number of fused-ring (bicyclic) bond motifs is 1. The van der Waals surface area contributed by atoms with Gasteiger partial charge in [-0.05, 0) is 49.1 Å². The van der Waals surface area contributed by atoms with Gasteiger partial charge < -0.3 is 0 Å². The molecule has 0 saturated carbocycles. The maximum Gasteiger partial charge on any atom is 0.0210 e. The average Bonchev–Trinajstić information content (AvgIpc) is 2.37. The van der Waals surface area contributed by atoms with Crippen LogP contribution in [0.15, 0.2) is 22.2 Å². The van der Waals surface area contributed by atoms with E-state index < -0.39 is 0 Å². The molecule has 1 aromatic rings. The summed E-state index contributed by atoms with van der Waals surface area (Å²) in [6, 6.07) is 4.29. The van der Waals surface area contributed by atoms with Crippen molar-refractivity contribution in [2.75, 3.05) is 0 Å². The Balaban J connectivity index is 2.71. The van der Waals surface area contributed by atoms with Crippen LogP contribution in [0.25, 0.3) is 5.57 Å². The first-order chi connectivity index (χ1) is 6.11. The summed E-state index contributed by atoms with van der Waals surface area (Å²) in [7, 11) is 0. The Labute approximate surface area is 87.8 Å². The van der Waals surface area contributed by atoms with E-state index >= 15 is 0 Å². The molecular weight excluding hydrogens is 224 g/mol. The quantitative estimate of drug-likeness (QED) is 0.635. The number of allylic oxidation sites excluding steroid dienone is 2. The molecule has 0 unspecified atom stereocenters. The molecule has 1 aromatic carbocycles. The van der Waals surface area contributed by atoms with Gasteiger partial charge in [-0.3, -0.25) is 0 Å². The molecule has 0 aromatic heterocycles. The average molecular weight is 236 g/mol. The Morgan fingerprint density at radius 1 is 1.08 bits per heavy atom. The van der Waals surface area contributed by atoms with Gasteiger partial charge >= 0.3 is 0 Å². The molecule has 0 bridgehead atoms. The van der Waals surface area contributed by atoms with Gasteiger partial charge in [-0.15, -0.1) is 0 Å². The molecule has 0 fully saturated rings. The molecule has 2 rings (SSSR count). The van der Waals surface area contributed by atoms with E-state index in [2.05, 4.69) is 55.3 Å². The summed E-state index contributed by atoms with van der Waals surface area (Å²) in [5, 5.41) is 0. The molecule has 1 aliphatic carbocycles. The van der Waals surface area contributed by atoms with Gasteiger partial charge in [0.25, 0.3) is 0 Å². The van der Waals surface area contributed by atoms with E-state index in [0.717, 1.165) is 0 Å². The fourth-order valence-corrected chi connectivity index (χ4v) is 2.19. The first-order valence-electron chi connectivity index (χ1n) is 4.43. The Morgan fingerprint density at radius 3 is 2.46 bits per heavy atom. The SMILES string of the molecule is CC1=C(C)c2c(ccc(Br)c2C)[CH]1. The van der Waals surface area contributed by atoms with Crippen molar-refractivity contribution in [3.8, 4) is 0 Å². The molecule has 0 saturated heterocycles. The molecule has 0 N–H and O–H groups in total. The van der Waals surface area contributed by atoms with Gasteiger partial charge in [0, 0.05) is 10.9 Å². The minimum atomic E-state index is 1.20. The van der Waals surface area contributed by atoms with E-state index in [4.69, 9.17) is 0 Å². The number of hydrogen-bond acceptors (Lipinski definition) is 0. The second kappa shape index (κ2) is 2.98. The second-order valence-electron chi connectivity index (χ2n) is 3.59. The van der Waals surface area contributed by atoms with Crippen LogP contribution in [0.5, 0.6) is 0 Å². The predicted octanol–water partition coefficient (Wildman–Crippen LogP) is 4.12. The third-order valence-corrected chi connectivity index (χ3v) is 3.63. The Kier molecular flexibility index (Phi) is 2.07. The van der Waals surface area contributed by atoms with Crippen LogP contribution in [0, 0.1) is 13.3 Å². The first kappa shape index (κ1) is 9.01. The van der Waals surface area contributed by atoms with Gasteiger partial charge in [0.2, 0.25) is 0 Å². The fourth-order valence-electron chi connectivity index (χ4n) is 1.86. The monoisotopic (exact) mass is 235 g/mol. The molecule has 0 nitrogen and oxygen atoms in total. The minimum Gasteiger partial charge on any atom is -0.0613 e. The summed E-state index contributed by atoms with van der Waals surface area (Å²) < 4.78 is 1.20. The van der Waals surface area contributed by atoms with E-state index in [1.165, 1.54) is 32.3 Å². The minimum absolute atomic E-state index is 1.20. The molecular formula is C12H12Br. The normalized spacial score (nSPS) is 15.1. The van der Waals surface area contributed by atoms with Crippen molar-refractivity contribution in [3.63, 3.8) is 0 Å². The molecule has 1 heteroatoms. The number of halogens is 1. The van der Waals surface area contributed by atoms with E-state index in [9.17, 15) is 0 Å². The zero-order valence-electron chi connectivity index (χ0n) is 8.11. The maximum absolute atomic E-state index is 3.56. The Morgan fingerprint density at radius 2 is 1.77 bits per heavy atom. The molecule has 1 radical (unpaired) electrons. The van der Waals surface area contributed by atoms with Crippen LogP contribution in [0.3, 0.4) is 0 Å². The summed E-state index contributed by atoms with van der Waals surface area (Å²) in [6.07, 6.45) is 2.25. The van der Waals surface area contributed by atoms with Crippen molar-refractivity contribution in [2.24, 2.45) is 0 Å². The van der Waals surface area contributed by atoms with Crippen LogP contribution >= 0.6 is 15.9 Å². The lowest BCUT2D eigenvalue weighted by Gasteiger charge is -2.07. The number of benzene rings is 1. The summed E-state index contributed by atoms with van der Waals surface area (Å²) in [5.74, 6) is 0. The van der Waals surface area contributed by atoms with Gasteiger partial charge in [-0.1, -0.05) is 27.6 Å². The van der Waals surface area contributed by atoms with Crippen molar-refractivity contribution in [2.45, 2.75) is 20.8 Å². The summed E-state index contributed by atoms with van der Waals surface area (Å²) >= 11 is 3.56. The zero-order valence-corrected chi connectivity index (χ0v) is 9.70. The molecule has 13 heavy (non-hydrogen) atoms. The van der Waals surface area contributed by atoms with Crippen LogP contribution < -0.4 is 0 Å². The van der Waals surface area contributed by atoms with Crippen molar-refractivity contribution in [1.82, 2.24) is 0 Å². The molecule has 0 spiro atoms. The fraction of sp³-hybridized carbons (Fsp3) is 0.250. The highest BCUT2D eigenvalue weighted by Gasteiger charge is 2.18. The van der Waals surface area contributed by atoms with E-state index in [1.54, 1.807) is 0 Å². The smallest absolute Gasteiger partial charge is 0.0210 e. The largest absolute Gasteiger partial charge is 0.0613 e. The standard InChI is InChI=1S/C12H12Br/c1-7-6-10-4-5-11(13)9(3)12(10)8(7)2/h4-6H,1-3H3. The number of hydrogen-bond donors (Lipinski definition) is 0. The lowest BCUT2D eigenvalue weighted by Crippen LogP contribution is -1.88. The third-order valence-electron chi connectivity index (χ3n) is 2.77. The summed E-state index contributed by atoms with van der Waals surface area (Å²) in [5.41, 5.74) is 6.91. The molecule has 0 atom stereocenters. The van der Waals surface area contributed by atoms with E-state index in [0.29, 0.717) is 0 Å². The topological polar surface area (TPSA) is 0 Å². The van der Waals surface area contributed by atoms with Crippen LogP contribution in [-0.4, -0.2) is 0 Å². The molecule has 1 aliphatic rings. The first-order valence-corrected chi connectivity index (χ1v) is 5.22. The van der Waals surface area contributed by atoms with Gasteiger partial charge in [-0.25, -0.2) is 0 Å². The van der Waals surface area contributed by atoms with Crippen molar-refractivity contribution in [1.29, 1.82) is 0 Å². The highest BCUT2D eigenvalue weighted by molar-refractivity contribution is 9.10. The van der Waals surface area contributed by atoms with Crippen LogP contribution in [0.1, 0.15) is 30.5 Å². The maximum atomic E-state index is 3.56. The highest BCUT2D eigenvalue weighted by atomic mass is 79.9. The Bertz CT molecular complexity index is 400. The molecule has 0 aliphatic heterocycles. The predicted molar refractivity (Wildman–Crippen MR) is 60.5 cm³/mol. The van der Waals surface area contributed by atoms with E-state index in [-0.39, 0.29) is 0 Å². The Hall–Kier alpha value is -0.560. The van der Waals surface area contributed by atoms with Crippen LogP contribution in [0.4, 0.5) is 0 Å². The second-order valence-corrected chi connectivity index (χ2v) is 4.44. The van der Waals surface area contributed by atoms with Crippen molar-refractivity contribution < 1.29 is 0 Å². The van der Waals surface area contributed by atoms with E-state index in [1.807, 2.05) is 0 Å². The van der Waals surface area contributed by atoms with Crippen LogP contribution in [0.2, 0.25) is 0 Å². The van der Waals surface area contributed by atoms with Gasteiger partial charge in [-0.2, -0.15) is 0 Å². The van der Waals surface area contributed by atoms with Crippen molar-refractivity contribution >= 4 is 21.5 Å². The lowest BCUT2D eigenvalue weighted by molar-refractivity contribution is 1.36. The molecule has 67 valence electrons. The van der Waals surface area contributed by atoms with Crippen LogP contribution in [-0.2, 0) is 0 Å². The summed E-state index contributed by atoms with van der Waals surface area (Å²) in [4.78, 5) is 0. The number of rotatable bonds is 0. The lowest BCUT2D eigenvalue weighted by atomic mass is 10.0. The van der Waals surface area contributed by atoms with Gasteiger partial charge in [0.05, 0.1) is 0 Å². The summed E-state index contributed by atoms with van der Waals surface area (Å²) in [6.45, 7) is 6.53.